The van der Waals surface area contributed by atoms with Gasteiger partial charge in [0.05, 0.1) is 5.92 Å². The van der Waals surface area contributed by atoms with E-state index in [1.807, 2.05) is 45.4 Å². The number of aromatic nitrogens is 1. The number of hydrogen-bond acceptors (Lipinski definition) is 2. The zero-order valence-electron chi connectivity index (χ0n) is 19.8. The van der Waals surface area contributed by atoms with Gasteiger partial charge in [0.15, 0.2) is 0 Å². The van der Waals surface area contributed by atoms with Crippen molar-refractivity contribution in [1.29, 1.82) is 0 Å². The van der Waals surface area contributed by atoms with Crippen LogP contribution in [0, 0.1) is 5.92 Å². The van der Waals surface area contributed by atoms with Gasteiger partial charge in [0.1, 0.15) is 0 Å². The van der Waals surface area contributed by atoms with E-state index >= 15 is 0 Å². The Balaban J connectivity index is 1.28. The highest BCUT2D eigenvalue weighted by Crippen LogP contribution is 2.52. The number of nitrogens with one attached hydrogen (secondary N) is 1. The van der Waals surface area contributed by atoms with Crippen LogP contribution in [0.5, 0.6) is 0 Å². The quantitative estimate of drug-likeness (QED) is 0.646. The lowest BCUT2D eigenvalue weighted by Crippen LogP contribution is -2.46. The Bertz CT molecular complexity index is 1190. The van der Waals surface area contributed by atoms with Gasteiger partial charge in [-0.05, 0) is 48.4 Å². The molecule has 33 heavy (non-hydrogen) atoms. The van der Waals surface area contributed by atoms with E-state index in [-0.39, 0.29) is 29.1 Å². The van der Waals surface area contributed by atoms with Gasteiger partial charge >= 0.3 is 0 Å². The van der Waals surface area contributed by atoms with Crippen molar-refractivity contribution in [2.75, 3.05) is 27.2 Å². The molecule has 5 heteroatoms. The molecule has 2 unspecified atom stereocenters. The van der Waals surface area contributed by atoms with Crippen LogP contribution in [0.2, 0.25) is 0 Å². The van der Waals surface area contributed by atoms with Gasteiger partial charge in [-0.1, -0.05) is 49.4 Å². The Morgan fingerprint density at radius 2 is 1.79 bits per heavy atom. The molecule has 5 nitrogen and oxygen atoms in total. The van der Waals surface area contributed by atoms with Gasteiger partial charge in [-0.25, -0.2) is 0 Å². The normalized spacial score (nSPS) is 20.1. The zero-order chi connectivity index (χ0) is 23.2. The van der Waals surface area contributed by atoms with E-state index in [1.54, 1.807) is 4.90 Å². The van der Waals surface area contributed by atoms with Crippen LogP contribution in [-0.4, -0.2) is 53.8 Å². The molecule has 172 valence electrons. The maximum absolute atomic E-state index is 13.3. The molecule has 2 amide bonds. The third-order valence-corrected chi connectivity index (χ3v) is 7.90. The average Bonchev–Trinajstić information content (AvgIpc) is 3.38. The summed E-state index contributed by atoms with van der Waals surface area (Å²) in [4.78, 5) is 33.3. The zero-order valence-corrected chi connectivity index (χ0v) is 19.8. The first-order chi connectivity index (χ1) is 15.9. The number of nitrogens with zero attached hydrogens (tertiary/aromatic N) is 2. The average molecular weight is 444 g/mol. The summed E-state index contributed by atoms with van der Waals surface area (Å²) in [7, 11) is 3.68. The lowest BCUT2D eigenvalue weighted by molar-refractivity contribution is -0.137. The topological polar surface area (TPSA) is 56.4 Å². The fourth-order valence-electron chi connectivity index (χ4n) is 6.08. The Kier molecular flexibility index (Phi) is 5.51. The summed E-state index contributed by atoms with van der Waals surface area (Å²) in [6.45, 7) is 3.56. The number of benzene rings is 2. The van der Waals surface area contributed by atoms with Crippen LogP contribution in [0.4, 0.5) is 0 Å². The van der Waals surface area contributed by atoms with Gasteiger partial charge in [0, 0.05) is 55.6 Å². The number of para-hydroxylation sites is 1. The Morgan fingerprint density at radius 1 is 1.09 bits per heavy atom. The van der Waals surface area contributed by atoms with E-state index in [0.29, 0.717) is 0 Å². The fourth-order valence-corrected chi connectivity index (χ4v) is 6.08. The first kappa shape index (κ1) is 21.7. The molecule has 1 spiro atoms. The Morgan fingerprint density at radius 3 is 2.55 bits per heavy atom. The van der Waals surface area contributed by atoms with Gasteiger partial charge in [0.2, 0.25) is 11.8 Å². The van der Waals surface area contributed by atoms with E-state index in [2.05, 4.69) is 40.2 Å². The summed E-state index contributed by atoms with van der Waals surface area (Å²) in [6.07, 6.45) is 5.49. The molecule has 0 radical (unpaired) electrons. The molecule has 2 atom stereocenters. The van der Waals surface area contributed by atoms with Crippen molar-refractivity contribution in [3.63, 3.8) is 0 Å². The lowest BCUT2D eigenvalue weighted by atomic mass is 9.73. The van der Waals surface area contributed by atoms with Crippen LogP contribution in [0.1, 0.15) is 48.8 Å². The van der Waals surface area contributed by atoms with Crippen molar-refractivity contribution in [1.82, 2.24) is 14.8 Å². The smallest absolute Gasteiger partial charge is 0.229 e. The van der Waals surface area contributed by atoms with Gasteiger partial charge < -0.3 is 14.8 Å². The molecular formula is C28H33N3O2. The van der Waals surface area contributed by atoms with Crippen molar-refractivity contribution in [2.24, 2.45) is 5.92 Å². The molecule has 2 heterocycles. The van der Waals surface area contributed by atoms with E-state index in [0.717, 1.165) is 44.3 Å². The summed E-state index contributed by atoms with van der Waals surface area (Å²) in [5.74, 6) is 0.295. The molecule has 1 aromatic heterocycles. The number of H-pyrrole nitrogens is 1. The summed E-state index contributed by atoms with van der Waals surface area (Å²) in [5, 5.41) is 1.20. The van der Waals surface area contributed by atoms with E-state index in [4.69, 9.17) is 0 Å². The van der Waals surface area contributed by atoms with Crippen molar-refractivity contribution in [2.45, 2.75) is 43.9 Å². The largest absolute Gasteiger partial charge is 0.361 e. The van der Waals surface area contributed by atoms with Crippen molar-refractivity contribution in [3.8, 4) is 0 Å². The first-order valence-electron chi connectivity index (χ1n) is 12.0. The molecular weight excluding hydrogens is 410 g/mol. The number of likely N-dealkylation sites (N-methyl/N-ethyl adjacent to an activating group) is 1. The number of hydrogen-bond donors (Lipinski definition) is 1. The van der Waals surface area contributed by atoms with Crippen molar-refractivity contribution >= 4 is 22.7 Å². The van der Waals surface area contributed by atoms with Crippen LogP contribution in [0.3, 0.4) is 0 Å². The molecule has 2 aromatic carbocycles. The number of carbonyl (C=O) groups is 2. The number of amides is 2. The van der Waals surface area contributed by atoms with Crippen LogP contribution < -0.4 is 0 Å². The summed E-state index contributed by atoms with van der Waals surface area (Å²) in [6, 6.07) is 16.7. The van der Waals surface area contributed by atoms with Crippen LogP contribution >= 0.6 is 0 Å². The molecule has 1 N–H and O–H groups in total. The van der Waals surface area contributed by atoms with Gasteiger partial charge in [-0.3, -0.25) is 9.59 Å². The minimum atomic E-state index is -0.0701. The van der Waals surface area contributed by atoms with Crippen LogP contribution in [0.25, 0.3) is 10.9 Å². The van der Waals surface area contributed by atoms with E-state index in [1.165, 1.54) is 22.1 Å². The molecule has 2 aliphatic rings. The number of fused-ring (bicyclic) bond motifs is 3. The highest BCUT2D eigenvalue weighted by atomic mass is 16.2. The number of aromatic amines is 1. The highest BCUT2D eigenvalue weighted by molar-refractivity contribution is 5.86. The van der Waals surface area contributed by atoms with Crippen molar-refractivity contribution < 1.29 is 9.59 Å². The maximum atomic E-state index is 13.3. The Hall–Kier alpha value is -3.08. The SMILES string of the molecule is CC(Cc1c[nH]c2ccccc12)C(=O)N1CCC2(CC1)CC(C(=O)N(C)C)c1ccccc12. The minimum Gasteiger partial charge on any atom is -0.361 e. The lowest BCUT2D eigenvalue weighted by Gasteiger charge is -2.41. The maximum Gasteiger partial charge on any atom is 0.229 e. The molecule has 5 rings (SSSR count). The standard InChI is InChI=1S/C28H33N3O2/c1-19(16-20-18-29-25-11-7-5-8-21(20)25)26(32)31-14-12-28(13-15-31)17-23(27(33)30(2)3)22-9-4-6-10-24(22)28/h4-11,18-19,23,29H,12-17H2,1-3H3. The minimum absolute atomic E-state index is 0.00376. The number of carbonyl (C=O) groups excluding carboxylic acids is 2. The summed E-state index contributed by atoms with van der Waals surface area (Å²) < 4.78 is 0. The van der Waals surface area contributed by atoms with Crippen LogP contribution in [-0.2, 0) is 21.4 Å². The number of rotatable bonds is 4. The number of piperidine rings is 1. The second-order valence-electron chi connectivity index (χ2n) is 10.1. The van der Waals surface area contributed by atoms with Gasteiger partial charge in [0.25, 0.3) is 0 Å². The predicted octanol–water partition coefficient (Wildman–Crippen LogP) is 4.48. The predicted molar refractivity (Wildman–Crippen MR) is 131 cm³/mol. The third-order valence-electron chi connectivity index (χ3n) is 7.90. The van der Waals surface area contributed by atoms with Gasteiger partial charge in [-0.15, -0.1) is 0 Å². The number of likely N-dealkylation sites (tertiary alicyclic amines) is 1. The third kappa shape index (κ3) is 3.73. The van der Waals surface area contributed by atoms with Gasteiger partial charge in [-0.2, -0.15) is 0 Å². The molecule has 0 bridgehead atoms. The van der Waals surface area contributed by atoms with Crippen LogP contribution in [0.15, 0.2) is 54.7 Å². The molecule has 1 aliphatic carbocycles. The highest BCUT2D eigenvalue weighted by Gasteiger charge is 2.48. The molecule has 1 saturated heterocycles. The van der Waals surface area contributed by atoms with E-state index in [9.17, 15) is 9.59 Å². The summed E-state index contributed by atoms with van der Waals surface area (Å²) >= 11 is 0. The summed E-state index contributed by atoms with van der Waals surface area (Å²) in [5.41, 5.74) is 4.83. The first-order valence-corrected chi connectivity index (χ1v) is 12.0. The molecule has 1 aliphatic heterocycles. The van der Waals surface area contributed by atoms with E-state index < -0.39 is 0 Å². The second kappa shape index (κ2) is 8.36. The molecule has 3 aromatic rings. The molecule has 0 saturated carbocycles. The second-order valence-corrected chi connectivity index (χ2v) is 10.1. The van der Waals surface area contributed by atoms with Crippen molar-refractivity contribution in [3.05, 3.63) is 71.4 Å². The Labute approximate surface area is 195 Å². The molecule has 1 fully saturated rings. The fraction of sp³-hybridized carbons (Fsp3) is 0.429. The monoisotopic (exact) mass is 443 g/mol.